The van der Waals surface area contributed by atoms with E-state index in [0.29, 0.717) is 30.1 Å². The molecule has 11 nitrogen and oxygen atoms in total. The van der Waals surface area contributed by atoms with Crippen LogP contribution in [0.2, 0.25) is 0 Å². The van der Waals surface area contributed by atoms with Crippen LogP contribution in [0.3, 0.4) is 0 Å². The Balaban J connectivity index is 1.43. The van der Waals surface area contributed by atoms with E-state index in [9.17, 15) is 10.1 Å². The van der Waals surface area contributed by atoms with Crippen LogP contribution in [-0.4, -0.2) is 59.3 Å². The van der Waals surface area contributed by atoms with Crippen LogP contribution in [0.1, 0.15) is 25.3 Å². The number of anilines is 3. The third kappa shape index (κ3) is 4.18. The number of aromatic nitrogens is 6. The van der Waals surface area contributed by atoms with Gasteiger partial charge in [0.05, 0.1) is 11.9 Å². The van der Waals surface area contributed by atoms with Crippen LogP contribution in [0.4, 0.5) is 17.3 Å². The summed E-state index contributed by atoms with van der Waals surface area (Å²) in [5, 5.41) is 28.4. The van der Waals surface area contributed by atoms with Gasteiger partial charge in [-0.2, -0.15) is 14.9 Å². The molecule has 1 fully saturated rings. The number of hydrogen-bond donors (Lipinski definition) is 2. The van der Waals surface area contributed by atoms with Crippen LogP contribution < -0.4 is 10.6 Å². The van der Waals surface area contributed by atoms with Gasteiger partial charge in [0.15, 0.2) is 5.65 Å². The molecule has 166 valence electrons. The highest BCUT2D eigenvalue weighted by atomic mass is 16.2. The molecule has 3 aromatic heterocycles. The number of nitrogens with zero attached hydrogens (tertiary/aromatic N) is 8. The molecule has 0 atom stereocenters. The largest absolute Gasteiger partial charge is 0.367 e. The topological polar surface area (TPSA) is 129 Å². The molecule has 4 heterocycles. The fourth-order valence-corrected chi connectivity index (χ4v) is 3.98. The monoisotopic (exact) mass is 442 g/mol. The van der Waals surface area contributed by atoms with Gasteiger partial charge >= 0.3 is 0 Å². The van der Waals surface area contributed by atoms with E-state index < -0.39 is 0 Å². The highest BCUT2D eigenvalue weighted by Crippen LogP contribution is 2.25. The Labute approximate surface area is 189 Å². The van der Waals surface area contributed by atoms with E-state index in [1.54, 1.807) is 24.1 Å². The highest BCUT2D eigenvalue weighted by Gasteiger charge is 2.22. The number of carbonyl (C=O) groups is 1. The van der Waals surface area contributed by atoms with Crippen molar-refractivity contribution in [1.29, 1.82) is 5.26 Å². The van der Waals surface area contributed by atoms with Crippen molar-refractivity contribution < 1.29 is 4.79 Å². The lowest BCUT2D eigenvalue weighted by molar-refractivity contribution is -0.129. The fourth-order valence-electron chi connectivity index (χ4n) is 3.98. The number of carbonyl (C=O) groups excluding carboxylic acids is 1. The summed E-state index contributed by atoms with van der Waals surface area (Å²) in [6, 6.07) is 12.0. The highest BCUT2D eigenvalue weighted by molar-refractivity contribution is 5.73. The van der Waals surface area contributed by atoms with Gasteiger partial charge in [0.25, 0.3) is 0 Å². The molecule has 0 radical (unpaired) electrons. The van der Waals surface area contributed by atoms with Crippen molar-refractivity contribution >= 4 is 28.9 Å². The third-order valence-corrected chi connectivity index (χ3v) is 5.72. The van der Waals surface area contributed by atoms with Gasteiger partial charge in [-0.1, -0.05) is 6.07 Å². The standard InChI is InChI=1S/C22H22N10O/c1-15(33)30-7-5-17(6-8-30)28-21-10-20(29-22-16(11-23)12-26-32(21)22)27-18-3-2-4-19(9-18)31-13-24-25-14-31/h2-4,9-10,12-14,17,28H,5-8H2,1H3,(H,27,29). The van der Waals surface area contributed by atoms with Crippen LogP contribution in [-0.2, 0) is 4.79 Å². The zero-order chi connectivity index (χ0) is 22.8. The summed E-state index contributed by atoms with van der Waals surface area (Å²) in [5.74, 6) is 1.43. The second kappa shape index (κ2) is 8.58. The number of nitrogens with one attached hydrogen (secondary N) is 2. The number of benzene rings is 1. The van der Waals surface area contributed by atoms with E-state index in [4.69, 9.17) is 0 Å². The molecule has 1 aliphatic heterocycles. The summed E-state index contributed by atoms with van der Waals surface area (Å²) < 4.78 is 3.46. The molecule has 2 N–H and O–H groups in total. The Hall–Kier alpha value is -4.46. The van der Waals surface area contributed by atoms with Crippen molar-refractivity contribution in [3.05, 3.63) is 54.7 Å². The Kier molecular flexibility index (Phi) is 5.32. The Bertz CT molecular complexity index is 1330. The molecule has 1 aliphatic rings. The van der Waals surface area contributed by atoms with Gasteiger partial charge in [-0.3, -0.25) is 9.36 Å². The number of rotatable bonds is 5. The molecule has 5 rings (SSSR count). The van der Waals surface area contributed by atoms with Crippen molar-refractivity contribution in [3.63, 3.8) is 0 Å². The van der Waals surface area contributed by atoms with E-state index in [-0.39, 0.29) is 11.9 Å². The van der Waals surface area contributed by atoms with Crippen LogP contribution in [0.5, 0.6) is 0 Å². The van der Waals surface area contributed by atoms with Crippen LogP contribution >= 0.6 is 0 Å². The maximum absolute atomic E-state index is 11.6. The summed E-state index contributed by atoms with van der Waals surface area (Å²) in [7, 11) is 0. The van der Waals surface area contributed by atoms with Gasteiger partial charge < -0.3 is 15.5 Å². The molecule has 33 heavy (non-hydrogen) atoms. The number of piperidine rings is 1. The first-order chi connectivity index (χ1) is 16.1. The van der Waals surface area contributed by atoms with E-state index in [1.807, 2.05) is 39.8 Å². The average molecular weight is 442 g/mol. The predicted molar refractivity (Wildman–Crippen MR) is 121 cm³/mol. The van der Waals surface area contributed by atoms with Crippen molar-refractivity contribution in [2.45, 2.75) is 25.8 Å². The van der Waals surface area contributed by atoms with Gasteiger partial charge in [0.1, 0.15) is 35.9 Å². The van der Waals surface area contributed by atoms with Crippen LogP contribution in [0, 0.1) is 11.3 Å². The molecule has 1 aromatic carbocycles. The number of fused-ring (bicyclic) bond motifs is 1. The number of hydrogen-bond acceptors (Lipinski definition) is 8. The molecule has 0 bridgehead atoms. The van der Waals surface area contributed by atoms with E-state index in [1.165, 1.54) is 6.20 Å². The van der Waals surface area contributed by atoms with Gasteiger partial charge in [-0.25, -0.2) is 4.98 Å². The minimum atomic E-state index is 0.102. The Morgan fingerprint density at radius 3 is 2.70 bits per heavy atom. The quantitative estimate of drug-likeness (QED) is 0.482. The van der Waals surface area contributed by atoms with Crippen LogP contribution in [0.25, 0.3) is 11.3 Å². The lowest BCUT2D eigenvalue weighted by atomic mass is 10.1. The molecule has 1 saturated heterocycles. The molecule has 0 spiro atoms. The van der Waals surface area contributed by atoms with E-state index >= 15 is 0 Å². The average Bonchev–Trinajstić information content (AvgIpc) is 3.50. The lowest BCUT2D eigenvalue weighted by Crippen LogP contribution is -2.41. The Morgan fingerprint density at radius 1 is 1.18 bits per heavy atom. The minimum absolute atomic E-state index is 0.102. The van der Waals surface area contributed by atoms with Crippen LogP contribution in [0.15, 0.2) is 49.2 Å². The van der Waals surface area contributed by atoms with E-state index in [2.05, 4.69) is 37.0 Å². The Morgan fingerprint density at radius 2 is 1.97 bits per heavy atom. The van der Waals surface area contributed by atoms with E-state index in [0.717, 1.165) is 30.0 Å². The maximum atomic E-state index is 11.6. The molecule has 0 unspecified atom stereocenters. The normalized spacial score (nSPS) is 14.2. The van der Waals surface area contributed by atoms with Crippen molar-refractivity contribution in [3.8, 4) is 11.8 Å². The maximum Gasteiger partial charge on any atom is 0.219 e. The summed E-state index contributed by atoms with van der Waals surface area (Å²) in [6.45, 7) is 3.03. The number of likely N-dealkylation sites (tertiary alicyclic amines) is 1. The second-order valence-corrected chi connectivity index (χ2v) is 7.90. The summed E-state index contributed by atoms with van der Waals surface area (Å²) in [5.41, 5.74) is 2.60. The number of nitriles is 1. The number of amides is 1. The van der Waals surface area contributed by atoms with Gasteiger partial charge in [-0.05, 0) is 31.0 Å². The van der Waals surface area contributed by atoms with Gasteiger partial charge in [-0.15, -0.1) is 10.2 Å². The summed E-state index contributed by atoms with van der Waals surface area (Å²) in [4.78, 5) is 18.1. The van der Waals surface area contributed by atoms with Crippen molar-refractivity contribution in [2.75, 3.05) is 23.7 Å². The predicted octanol–water partition coefficient (Wildman–Crippen LogP) is 2.35. The first-order valence-corrected chi connectivity index (χ1v) is 10.6. The van der Waals surface area contributed by atoms with Gasteiger partial charge in [0, 0.05) is 37.8 Å². The smallest absolute Gasteiger partial charge is 0.219 e. The molecule has 0 aliphatic carbocycles. The molecule has 11 heteroatoms. The first-order valence-electron chi connectivity index (χ1n) is 10.6. The second-order valence-electron chi connectivity index (χ2n) is 7.90. The molecule has 4 aromatic rings. The lowest BCUT2D eigenvalue weighted by Gasteiger charge is -2.32. The summed E-state index contributed by atoms with van der Waals surface area (Å²) >= 11 is 0. The molecular weight excluding hydrogens is 420 g/mol. The van der Waals surface area contributed by atoms with Crippen molar-refractivity contribution in [1.82, 2.24) is 34.3 Å². The third-order valence-electron chi connectivity index (χ3n) is 5.72. The summed E-state index contributed by atoms with van der Waals surface area (Å²) in [6.07, 6.45) is 6.45. The zero-order valence-corrected chi connectivity index (χ0v) is 18.0. The first kappa shape index (κ1) is 20.4. The minimum Gasteiger partial charge on any atom is -0.367 e. The SMILES string of the molecule is CC(=O)N1CCC(Nc2cc(Nc3cccc(-n4cnnc4)c3)nc3c(C#N)cnn23)CC1. The molecule has 0 saturated carbocycles. The zero-order valence-electron chi connectivity index (χ0n) is 18.0. The molecular formula is C22H22N10O. The fraction of sp³-hybridized carbons (Fsp3) is 0.273. The molecule has 1 amide bonds. The van der Waals surface area contributed by atoms with Crippen molar-refractivity contribution in [2.24, 2.45) is 0 Å². The van der Waals surface area contributed by atoms with Gasteiger partial charge in [0.2, 0.25) is 5.91 Å².